The zero-order valence-corrected chi connectivity index (χ0v) is 15.4. The van der Waals surface area contributed by atoms with Gasteiger partial charge < -0.3 is 4.90 Å². The third-order valence-corrected chi connectivity index (χ3v) is 4.95. The maximum atomic E-state index is 12.8. The number of pyridine rings is 2. The summed E-state index contributed by atoms with van der Waals surface area (Å²) in [6, 6.07) is 9.10. The summed E-state index contributed by atoms with van der Waals surface area (Å²) in [6.45, 7) is 0.996. The van der Waals surface area contributed by atoms with E-state index in [9.17, 15) is 18.0 Å². The highest BCUT2D eigenvalue weighted by atomic mass is 19.4. The molecule has 0 amide bonds. The average Bonchev–Trinajstić information content (AvgIpc) is 3.18. The Labute approximate surface area is 164 Å². The average molecular weight is 401 g/mol. The Morgan fingerprint density at radius 2 is 1.97 bits per heavy atom. The standard InChI is InChI=1S/C20H18F3N5O/c21-20(22,23)15-5-7-18(25-12-15)27-10-2-4-16(27)13-28-19(29)8-6-17(26-28)14-3-1-9-24-11-14/h1,3,5-9,11-12,16H,2,4,10,13H2. The first kappa shape index (κ1) is 19.1. The number of halogens is 3. The van der Waals surface area contributed by atoms with Crippen LogP contribution in [0.15, 0.2) is 59.8 Å². The van der Waals surface area contributed by atoms with Gasteiger partial charge in [-0.05, 0) is 43.2 Å². The lowest BCUT2D eigenvalue weighted by molar-refractivity contribution is -0.137. The predicted molar refractivity (Wildman–Crippen MR) is 101 cm³/mol. The van der Waals surface area contributed by atoms with Crippen molar-refractivity contribution in [1.29, 1.82) is 0 Å². The molecule has 0 spiro atoms. The van der Waals surface area contributed by atoms with E-state index < -0.39 is 11.7 Å². The molecule has 0 saturated carbocycles. The molecular weight excluding hydrogens is 383 g/mol. The summed E-state index contributed by atoms with van der Waals surface area (Å²) < 4.78 is 39.7. The molecule has 4 rings (SSSR count). The third-order valence-electron chi connectivity index (χ3n) is 4.95. The number of anilines is 1. The van der Waals surface area contributed by atoms with Crippen LogP contribution in [0.4, 0.5) is 19.0 Å². The van der Waals surface area contributed by atoms with Crippen LogP contribution in [-0.2, 0) is 12.7 Å². The molecule has 0 aromatic carbocycles. The van der Waals surface area contributed by atoms with Crippen molar-refractivity contribution < 1.29 is 13.2 Å². The van der Waals surface area contributed by atoms with Crippen molar-refractivity contribution in [3.05, 3.63) is 70.9 Å². The number of hydrogen-bond donors (Lipinski definition) is 0. The van der Waals surface area contributed by atoms with Gasteiger partial charge in [-0.1, -0.05) is 0 Å². The summed E-state index contributed by atoms with van der Waals surface area (Å²) in [5.41, 5.74) is 0.424. The molecule has 3 aromatic rings. The van der Waals surface area contributed by atoms with Gasteiger partial charge in [0, 0.05) is 36.8 Å². The lowest BCUT2D eigenvalue weighted by Crippen LogP contribution is -2.37. The highest BCUT2D eigenvalue weighted by Crippen LogP contribution is 2.31. The molecule has 9 heteroatoms. The van der Waals surface area contributed by atoms with E-state index in [1.165, 1.54) is 16.8 Å². The van der Waals surface area contributed by atoms with E-state index in [0.717, 1.165) is 30.7 Å². The van der Waals surface area contributed by atoms with E-state index in [2.05, 4.69) is 15.1 Å². The lowest BCUT2D eigenvalue weighted by Gasteiger charge is -2.26. The van der Waals surface area contributed by atoms with Crippen LogP contribution in [0.5, 0.6) is 0 Å². The molecule has 6 nitrogen and oxygen atoms in total. The van der Waals surface area contributed by atoms with Gasteiger partial charge in [0.25, 0.3) is 5.56 Å². The SMILES string of the molecule is O=c1ccc(-c2cccnc2)nn1CC1CCCN1c1ccc(C(F)(F)F)cn1. The summed E-state index contributed by atoms with van der Waals surface area (Å²) >= 11 is 0. The molecule has 0 aliphatic carbocycles. The Morgan fingerprint density at radius 1 is 1.10 bits per heavy atom. The Morgan fingerprint density at radius 3 is 2.66 bits per heavy atom. The van der Waals surface area contributed by atoms with Crippen LogP contribution in [0.3, 0.4) is 0 Å². The normalized spacial score (nSPS) is 16.9. The van der Waals surface area contributed by atoms with Gasteiger partial charge in [-0.25, -0.2) is 9.67 Å². The fourth-order valence-corrected chi connectivity index (χ4v) is 3.50. The van der Waals surface area contributed by atoms with Crippen LogP contribution in [-0.4, -0.2) is 32.3 Å². The molecule has 1 atom stereocenters. The topological polar surface area (TPSA) is 63.9 Å². The van der Waals surface area contributed by atoms with E-state index >= 15 is 0 Å². The van der Waals surface area contributed by atoms with Gasteiger partial charge in [0.1, 0.15) is 5.82 Å². The minimum Gasteiger partial charge on any atom is -0.352 e. The Kier molecular flexibility index (Phi) is 5.04. The highest BCUT2D eigenvalue weighted by molar-refractivity contribution is 5.56. The van der Waals surface area contributed by atoms with Crippen molar-refractivity contribution in [2.75, 3.05) is 11.4 Å². The van der Waals surface area contributed by atoms with Crippen LogP contribution >= 0.6 is 0 Å². The number of alkyl halides is 3. The molecule has 3 aromatic heterocycles. The predicted octanol–water partition coefficient (Wildman–Crippen LogP) is 3.39. The van der Waals surface area contributed by atoms with Crippen molar-refractivity contribution in [3.63, 3.8) is 0 Å². The molecule has 0 radical (unpaired) electrons. The molecular formula is C20H18F3N5O. The fourth-order valence-electron chi connectivity index (χ4n) is 3.50. The second-order valence-corrected chi connectivity index (χ2v) is 6.87. The van der Waals surface area contributed by atoms with Crippen molar-refractivity contribution in [3.8, 4) is 11.3 Å². The molecule has 1 fully saturated rings. The van der Waals surface area contributed by atoms with Crippen molar-refractivity contribution in [1.82, 2.24) is 19.7 Å². The summed E-state index contributed by atoms with van der Waals surface area (Å²) in [7, 11) is 0. The van der Waals surface area contributed by atoms with Gasteiger partial charge in [0.15, 0.2) is 0 Å². The van der Waals surface area contributed by atoms with E-state index in [1.807, 2.05) is 11.0 Å². The van der Waals surface area contributed by atoms with E-state index in [4.69, 9.17) is 0 Å². The zero-order valence-electron chi connectivity index (χ0n) is 15.4. The van der Waals surface area contributed by atoms with Gasteiger partial charge in [-0.2, -0.15) is 18.3 Å². The quantitative estimate of drug-likeness (QED) is 0.671. The largest absolute Gasteiger partial charge is 0.417 e. The monoisotopic (exact) mass is 401 g/mol. The first-order valence-electron chi connectivity index (χ1n) is 9.20. The molecule has 0 bridgehead atoms. The van der Waals surface area contributed by atoms with Crippen LogP contribution in [0.1, 0.15) is 18.4 Å². The number of aromatic nitrogens is 4. The summed E-state index contributed by atoms with van der Waals surface area (Å²) in [5.74, 6) is 0.469. The molecule has 1 aliphatic heterocycles. The van der Waals surface area contributed by atoms with Gasteiger partial charge >= 0.3 is 6.18 Å². The number of nitrogens with zero attached hydrogens (tertiary/aromatic N) is 5. The lowest BCUT2D eigenvalue weighted by atomic mass is 10.2. The molecule has 0 N–H and O–H groups in total. The summed E-state index contributed by atoms with van der Waals surface area (Å²) in [6.07, 6.45) is 1.43. The van der Waals surface area contributed by atoms with E-state index in [1.54, 1.807) is 24.5 Å². The Hall–Kier alpha value is -3.23. The first-order valence-corrected chi connectivity index (χ1v) is 9.20. The van der Waals surface area contributed by atoms with E-state index in [-0.39, 0.29) is 11.6 Å². The second kappa shape index (κ2) is 7.65. The molecule has 1 saturated heterocycles. The maximum absolute atomic E-state index is 12.8. The third kappa shape index (κ3) is 4.13. The van der Waals surface area contributed by atoms with Crippen LogP contribution in [0.25, 0.3) is 11.3 Å². The number of rotatable bonds is 4. The number of hydrogen-bond acceptors (Lipinski definition) is 5. The van der Waals surface area contributed by atoms with Crippen molar-refractivity contribution in [2.45, 2.75) is 31.6 Å². The van der Waals surface area contributed by atoms with Gasteiger partial charge in [0.2, 0.25) is 0 Å². The van der Waals surface area contributed by atoms with Crippen LogP contribution < -0.4 is 10.5 Å². The van der Waals surface area contributed by atoms with E-state index in [0.29, 0.717) is 24.6 Å². The maximum Gasteiger partial charge on any atom is 0.417 e. The molecule has 1 unspecified atom stereocenters. The van der Waals surface area contributed by atoms with Crippen molar-refractivity contribution >= 4 is 5.82 Å². The minimum atomic E-state index is -4.42. The minimum absolute atomic E-state index is 0.0754. The van der Waals surface area contributed by atoms with Gasteiger partial charge in [-0.15, -0.1) is 0 Å². The van der Waals surface area contributed by atoms with Crippen molar-refractivity contribution in [2.24, 2.45) is 0 Å². The molecule has 4 heterocycles. The molecule has 150 valence electrons. The summed E-state index contributed by atoms with van der Waals surface area (Å²) in [5, 5.41) is 4.45. The fraction of sp³-hybridized carbons (Fsp3) is 0.300. The van der Waals surface area contributed by atoms with Gasteiger partial charge in [0.05, 0.1) is 23.8 Å². The van der Waals surface area contributed by atoms with Crippen LogP contribution in [0, 0.1) is 0 Å². The van der Waals surface area contributed by atoms with Crippen LogP contribution in [0.2, 0.25) is 0 Å². The highest BCUT2D eigenvalue weighted by Gasteiger charge is 2.32. The first-order chi connectivity index (χ1) is 13.9. The molecule has 1 aliphatic rings. The summed E-state index contributed by atoms with van der Waals surface area (Å²) in [4.78, 5) is 22.3. The zero-order chi connectivity index (χ0) is 20.4. The molecule has 29 heavy (non-hydrogen) atoms. The Balaban J connectivity index is 1.57. The Bertz CT molecular complexity index is 1030. The van der Waals surface area contributed by atoms with Gasteiger partial charge in [-0.3, -0.25) is 9.78 Å². The second-order valence-electron chi connectivity index (χ2n) is 6.87. The smallest absolute Gasteiger partial charge is 0.352 e.